The molecule has 0 aliphatic heterocycles. The predicted molar refractivity (Wildman–Crippen MR) is 133 cm³/mol. The van der Waals surface area contributed by atoms with Crippen LogP contribution in [0.15, 0.2) is 47.5 Å². The summed E-state index contributed by atoms with van der Waals surface area (Å²) in [6.45, 7) is 4.06. The lowest BCUT2D eigenvalue weighted by molar-refractivity contribution is 0.102. The van der Waals surface area contributed by atoms with Gasteiger partial charge in [0.05, 0.1) is 5.56 Å². The second-order valence-corrected chi connectivity index (χ2v) is 9.70. The van der Waals surface area contributed by atoms with Crippen LogP contribution in [0.3, 0.4) is 0 Å². The van der Waals surface area contributed by atoms with Gasteiger partial charge in [-0.3, -0.25) is 4.79 Å². The number of nitrogens with zero attached hydrogens (tertiary/aromatic N) is 1. The van der Waals surface area contributed by atoms with Crippen molar-refractivity contribution in [3.05, 3.63) is 80.2 Å². The molecule has 1 aliphatic rings. The highest BCUT2D eigenvalue weighted by Crippen LogP contribution is 2.39. The minimum atomic E-state index is -0.0602. The average molecular weight is 451 g/mol. The van der Waals surface area contributed by atoms with Crippen LogP contribution in [0.5, 0.6) is 0 Å². The second kappa shape index (κ2) is 9.80. The van der Waals surface area contributed by atoms with Crippen LogP contribution >= 0.6 is 22.9 Å². The summed E-state index contributed by atoms with van der Waals surface area (Å²) in [4.78, 5) is 19.6. The Labute approximate surface area is 193 Å². The van der Waals surface area contributed by atoms with Gasteiger partial charge in [0.25, 0.3) is 5.91 Å². The van der Waals surface area contributed by atoms with Crippen LogP contribution in [0.25, 0.3) is 0 Å². The molecule has 0 saturated heterocycles. The van der Waals surface area contributed by atoms with Crippen molar-refractivity contribution in [1.29, 1.82) is 0 Å². The smallest absolute Gasteiger partial charge is 0.259 e. The van der Waals surface area contributed by atoms with Crippen molar-refractivity contribution in [3.8, 4) is 0 Å². The third-order valence-electron chi connectivity index (χ3n) is 5.72. The monoisotopic (exact) mass is 450 g/mol. The summed E-state index contributed by atoms with van der Waals surface area (Å²) in [7, 11) is 0. The molecule has 0 unspecified atom stereocenters. The first-order valence-corrected chi connectivity index (χ1v) is 12.0. The number of benzene rings is 2. The van der Waals surface area contributed by atoms with E-state index in [9.17, 15) is 4.79 Å². The maximum absolute atomic E-state index is 13.5. The minimum Gasteiger partial charge on any atom is -0.322 e. The maximum Gasteiger partial charge on any atom is 0.259 e. The number of carbonyl (C=O) groups excluding carboxylic acids is 1. The first-order valence-electron chi connectivity index (χ1n) is 10.8. The molecule has 0 fully saturated rings. The molecule has 1 heterocycles. The molecular formula is C26H27ClN2OS. The van der Waals surface area contributed by atoms with Gasteiger partial charge in [0.15, 0.2) is 0 Å². The molecule has 1 aliphatic carbocycles. The van der Waals surface area contributed by atoms with Crippen LogP contribution in [0.4, 0.5) is 10.7 Å². The van der Waals surface area contributed by atoms with E-state index in [0.29, 0.717) is 5.02 Å². The lowest BCUT2D eigenvalue weighted by Gasteiger charge is -2.13. The Hall–Kier alpha value is -2.43. The average Bonchev–Trinajstić information content (AvgIpc) is 3.06. The topological polar surface area (TPSA) is 41.5 Å². The third-order valence-corrected chi connectivity index (χ3v) is 7.17. The summed E-state index contributed by atoms with van der Waals surface area (Å²) >= 11 is 7.67. The number of thiophene rings is 1. The molecule has 1 aromatic heterocycles. The van der Waals surface area contributed by atoms with Gasteiger partial charge < -0.3 is 5.32 Å². The lowest BCUT2D eigenvalue weighted by atomic mass is 9.96. The Morgan fingerprint density at radius 3 is 2.55 bits per heavy atom. The molecular weight excluding hydrogens is 424 g/mol. The molecule has 1 amide bonds. The Balaban J connectivity index is 1.72. The van der Waals surface area contributed by atoms with E-state index >= 15 is 0 Å². The highest BCUT2D eigenvalue weighted by Gasteiger charge is 2.24. The molecule has 160 valence electrons. The Morgan fingerprint density at radius 2 is 1.77 bits per heavy atom. The van der Waals surface area contributed by atoms with E-state index in [1.807, 2.05) is 56.5 Å². The van der Waals surface area contributed by atoms with Crippen molar-refractivity contribution >= 4 is 45.7 Å². The standard InChI is InChI=1S/C26H27ClN2OS/c1-17-9-10-18(2)22(15-17)29-25(30)24-21-7-5-3-4-6-8-23(21)31-26(24)28-16-19-11-13-20(27)14-12-19/h9-16H,3-8H2,1-2H3,(H,29,30). The number of hydrogen-bond acceptors (Lipinski definition) is 3. The van der Waals surface area contributed by atoms with Crippen molar-refractivity contribution in [2.24, 2.45) is 4.99 Å². The fourth-order valence-electron chi connectivity index (χ4n) is 3.97. The minimum absolute atomic E-state index is 0.0602. The van der Waals surface area contributed by atoms with Crippen molar-refractivity contribution in [2.45, 2.75) is 52.4 Å². The quantitative estimate of drug-likeness (QED) is 0.407. The summed E-state index contributed by atoms with van der Waals surface area (Å²) in [5.41, 5.74) is 5.95. The number of halogens is 1. The molecule has 4 rings (SSSR count). The number of amides is 1. The molecule has 0 bridgehead atoms. The van der Waals surface area contributed by atoms with E-state index in [1.165, 1.54) is 29.7 Å². The molecule has 0 atom stereocenters. The molecule has 0 saturated carbocycles. The maximum atomic E-state index is 13.5. The Morgan fingerprint density at radius 1 is 1.03 bits per heavy atom. The van der Waals surface area contributed by atoms with E-state index in [4.69, 9.17) is 16.6 Å². The van der Waals surface area contributed by atoms with E-state index < -0.39 is 0 Å². The lowest BCUT2D eigenvalue weighted by Crippen LogP contribution is -2.15. The van der Waals surface area contributed by atoms with E-state index in [2.05, 4.69) is 11.4 Å². The van der Waals surface area contributed by atoms with Crippen LogP contribution < -0.4 is 5.32 Å². The molecule has 3 nitrogen and oxygen atoms in total. The summed E-state index contributed by atoms with van der Waals surface area (Å²) < 4.78 is 0. The summed E-state index contributed by atoms with van der Waals surface area (Å²) in [5.74, 6) is -0.0602. The van der Waals surface area contributed by atoms with Gasteiger partial charge in [-0.15, -0.1) is 11.3 Å². The van der Waals surface area contributed by atoms with Crippen LogP contribution in [0, 0.1) is 13.8 Å². The fourth-order valence-corrected chi connectivity index (χ4v) is 5.32. The van der Waals surface area contributed by atoms with Crippen molar-refractivity contribution in [1.82, 2.24) is 0 Å². The zero-order valence-electron chi connectivity index (χ0n) is 18.0. The van der Waals surface area contributed by atoms with Crippen molar-refractivity contribution in [3.63, 3.8) is 0 Å². The van der Waals surface area contributed by atoms with Gasteiger partial charge in [-0.25, -0.2) is 4.99 Å². The Kier molecular flexibility index (Phi) is 6.89. The van der Waals surface area contributed by atoms with E-state index in [1.54, 1.807) is 11.3 Å². The van der Waals surface area contributed by atoms with Crippen LogP contribution in [0.1, 0.15) is 63.2 Å². The zero-order chi connectivity index (χ0) is 21.8. The van der Waals surface area contributed by atoms with Crippen LogP contribution in [-0.2, 0) is 12.8 Å². The largest absolute Gasteiger partial charge is 0.322 e. The fraction of sp³-hybridized carbons (Fsp3) is 0.308. The van der Waals surface area contributed by atoms with Gasteiger partial charge in [0.2, 0.25) is 0 Å². The number of anilines is 1. The third kappa shape index (κ3) is 5.25. The van der Waals surface area contributed by atoms with Gasteiger partial charge in [-0.1, -0.05) is 48.7 Å². The number of nitrogens with one attached hydrogen (secondary N) is 1. The highest BCUT2D eigenvalue weighted by atomic mass is 35.5. The van der Waals surface area contributed by atoms with Crippen LogP contribution in [-0.4, -0.2) is 12.1 Å². The van der Waals surface area contributed by atoms with Gasteiger partial charge in [0, 0.05) is 21.8 Å². The molecule has 1 N–H and O–H groups in total. The predicted octanol–water partition coefficient (Wildman–Crippen LogP) is 7.68. The second-order valence-electron chi connectivity index (χ2n) is 8.18. The highest BCUT2D eigenvalue weighted by molar-refractivity contribution is 7.16. The van der Waals surface area contributed by atoms with Gasteiger partial charge >= 0.3 is 0 Å². The number of hydrogen-bond donors (Lipinski definition) is 1. The zero-order valence-corrected chi connectivity index (χ0v) is 19.6. The summed E-state index contributed by atoms with van der Waals surface area (Å²) in [6.07, 6.45) is 8.56. The summed E-state index contributed by atoms with van der Waals surface area (Å²) in [6, 6.07) is 13.7. The molecule has 0 spiro atoms. The van der Waals surface area contributed by atoms with Gasteiger partial charge in [-0.2, -0.15) is 0 Å². The number of aryl methyl sites for hydroxylation is 3. The summed E-state index contributed by atoms with van der Waals surface area (Å²) in [5, 5.41) is 4.66. The normalized spacial score (nSPS) is 14.2. The number of carbonyl (C=O) groups is 1. The van der Waals surface area contributed by atoms with Crippen molar-refractivity contribution < 1.29 is 4.79 Å². The molecule has 3 aromatic rings. The number of fused-ring (bicyclic) bond motifs is 1. The van der Waals surface area contributed by atoms with E-state index in [-0.39, 0.29) is 5.91 Å². The van der Waals surface area contributed by atoms with E-state index in [0.717, 1.165) is 52.2 Å². The SMILES string of the molecule is Cc1ccc(C)c(NC(=O)c2c(N=Cc3ccc(Cl)cc3)sc3c2CCCCCC3)c1. The van der Waals surface area contributed by atoms with Crippen molar-refractivity contribution in [2.75, 3.05) is 5.32 Å². The molecule has 0 radical (unpaired) electrons. The Bertz CT molecular complexity index is 1120. The van der Waals surface area contributed by atoms with Gasteiger partial charge in [-0.05, 0) is 80.0 Å². The first-order chi connectivity index (χ1) is 15.0. The first kappa shape index (κ1) is 21.8. The molecule has 2 aromatic carbocycles. The van der Waals surface area contributed by atoms with Crippen LogP contribution in [0.2, 0.25) is 5.02 Å². The van der Waals surface area contributed by atoms with Gasteiger partial charge in [0.1, 0.15) is 5.00 Å². The number of rotatable bonds is 4. The number of aliphatic imine (C=N–C) groups is 1. The molecule has 31 heavy (non-hydrogen) atoms. The molecule has 5 heteroatoms.